The van der Waals surface area contributed by atoms with Crippen molar-refractivity contribution in [2.75, 3.05) is 30.1 Å². The van der Waals surface area contributed by atoms with Gasteiger partial charge in [-0.1, -0.05) is 6.42 Å². The van der Waals surface area contributed by atoms with Gasteiger partial charge in [-0.15, -0.1) is 0 Å². The molecule has 4 heteroatoms. The SMILES string of the molecule is CSCCCCCNC1CCS(=O)CC1. The van der Waals surface area contributed by atoms with Crippen molar-refractivity contribution in [3.8, 4) is 0 Å². The molecule has 1 rings (SSSR count). The average molecular weight is 249 g/mol. The Balaban J connectivity index is 1.89. The molecule has 15 heavy (non-hydrogen) atoms. The molecule has 1 N–H and O–H groups in total. The predicted molar refractivity (Wildman–Crippen MR) is 71.1 cm³/mol. The van der Waals surface area contributed by atoms with E-state index >= 15 is 0 Å². The molecule has 0 aromatic heterocycles. The van der Waals surface area contributed by atoms with Crippen molar-refractivity contribution in [3.63, 3.8) is 0 Å². The van der Waals surface area contributed by atoms with Crippen molar-refractivity contribution >= 4 is 22.6 Å². The standard InChI is InChI=1S/C11H23NOS2/c1-14-8-4-2-3-7-12-11-5-9-15(13)10-6-11/h11-12H,2-10H2,1H3. The number of hydrogen-bond donors (Lipinski definition) is 1. The lowest BCUT2D eigenvalue weighted by Gasteiger charge is -2.22. The van der Waals surface area contributed by atoms with Gasteiger partial charge in [-0.2, -0.15) is 11.8 Å². The summed E-state index contributed by atoms with van der Waals surface area (Å²) in [7, 11) is -0.515. The van der Waals surface area contributed by atoms with Gasteiger partial charge in [-0.3, -0.25) is 4.21 Å². The third-order valence-electron chi connectivity index (χ3n) is 2.85. The molecule has 0 spiro atoms. The maximum absolute atomic E-state index is 11.1. The van der Waals surface area contributed by atoms with Crippen molar-refractivity contribution in [2.24, 2.45) is 0 Å². The van der Waals surface area contributed by atoms with Gasteiger partial charge in [0.25, 0.3) is 0 Å². The molecule has 0 aromatic carbocycles. The van der Waals surface area contributed by atoms with E-state index in [0.29, 0.717) is 6.04 Å². The number of nitrogens with one attached hydrogen (secondary N) is 1. The van der Waals surface area contributed by atoms with Gasteiger partial charge in [-0.05, 0) is 44.2 Å². The Labute approximate surface area is 100 Å². The minimum absolute atomic E-state index is 0.515. The predicted octanol–water partition coefficient (Wildman–Crippen LogP) is 2.02. The van der Waals surface area contributed by atoms with E-state index in [1.165, 1.54) is 25.0 Å². The van der Waals surface area contributed by atoms with Crippen LogP contribution in [-0.2, 0) is 10.8 Å². The van der Waals surface area contributed by atoms with E-state index in [2.05, 4.69) is 11.6 Å². The monoisotopic (exact) mass is 249 g/mol. The molecule has 1 aliphatic heterocycles. The number of thioether (sulfide) groups is 1. The van der Waals surface area contributed by atoms with E-state index < -0.39 is 10.8 Å². The number of hydrogen-bond acceptors (Lipinski definition) is 3. The molecule has 1 aliphatic rings. The van der Waals surface area contributed by atoms with Gasteiger partial charge < -0.3 is 5.32 Å². The van der Waals surface area contributed by atoms with E-state index in [-0.39, 0.29) is 0 Å². The zero-order chi connectivity index (χ0) is 10.9. The molecule has 1 heterocycles. The van der Waals surface area contributed by atoms with Gasteiger partial charge in [0.2, 0.25) is 0 Å². The molecule has 0 aromatic rings. The minimum Gasteiger partial charge on any atom is -0.314 e. The summed E-state index contributed by atoms with van der Waals surface area (Å²) in [5.74, 6) is 3.11. The van der Waals surface area contributed by atoms with Crippen LogP contribution in [0.5, 0.6) is 0 Å². The Morgan fingerprint density at radius 2 is 2.00 bits per heavy atom. The second kappa shape index (κ2) is 8.59. The summed E-state index contributed by atoms with van der Waals surface area (Å²) in [6.07, 6.45) is 8.36. The van der Waals surface area contributed by atoms with E-state index in [0.717, 1.165) is 30.9 Å². The van der Waals surface area contributed by atoms with Crippen LogP contribution in [0.15, 0.2) is 0 Å². The topological polar surface area (TPSA) is 29.1 Å². The van der Waals surface area contributed by atoms with Crippen molar-refractivity contribution in [3.05, 3.63) is 0 Å². The van der Waals surface area contributed by atoms with Crippen LogP contribution in [0.2, 0.25) is 0 Å². The van der Waals surface area contributed by atoms with E-state index in [1.807, 2.05) is 11.8 Å². The number of rotatable bonds is 7. The molecule has 0 radical (unpaired) electrons. The maximum atomic E-state index is 11.1. The van der Waals surface area contributed by atoms with Crippen molar-refractivity contribution in [1.82, 2.24) is 5.32 Å². The molecule has 90 valence electrons. The lowest BCUT2D eigenvalue weighted by Crippen LogP contribution is -2.36. The van der Waals surface area contributed by atoms with Crippen LogP contribution in [0, 0.1) is 0 Å². The summed E-state index contributed by atoms with van der Waals surface area (Å²) in [4.78, 5) is 0. The highest BCUT2D eigenvalue weighted by atomic mass is 32.2. The first-order chi connectivity index (χ1) is 7.33. The van der Waals surface area contributed by atoms with Crippen LogP contribution in [0.4, 0.5) is 0 Å². The summed E-state index contributed by atoms with van der Waals surface area (Å²) in [6.45, 7) is 1.14. The molecule has 2 nitrogen and oxygen atoms in total. The van der Waals surface area contributed by atoms with Gasteiger partial charge in [0.1, 0.15) is 0 Å². The normalized spacial score (nSPS) is 26.7. The Morgan fingerprint density at radius 1 is 1.27 bits per heavy atom. The van der Waals surface area contributed by atoms with Crippen LogP contribution in [0.3, 0.4) is 0 Å². The van der Waals surface area contributed by atoms with Crippen LogP contribution in [0.1, 0.15) is 32.1 Å². The highest BCUT2D eigenvalue weighted by molar-refractivity contribution is 7.98. The summed E-state index contributed by atoms with van der Waals surface area (Å²) in [5, 5.41) is 3.58. The fourth-order valence-corrected chi connectivity index (χ4v) is 3.64. The van der Waals surface area contributed by atoms with Crippen LogP contribution < -0.4 is 5.32 Å². The lowest BCUT2D eigenvalue weighted by atomic mass is 10.1. The Kier molecular flexibility index (Phi) is 7.75. The third-order valence-corrected chi connectivity index (χ3v) is 4.93. The van der Waals surface area contributed by atoms with Crippen molar-refractivity contribution in [1.29, 1.82) is 0 Å². The van der Waals surface area contributed by atoms with Gasteiger partial charge in [-0.25, -0.2) is 0 Å². The van der Waals surface area contributed by atoms with E-state index in [4.69, 9.17) is 0 Å². The quantitative estimate of drug-likeness (QED) is 0.700. The fraction of sp³-hybridized carbons (Fsp3) is 1.00. The second-order valence-corrected chi connectivity index (χ2v) is 6.81. The third kappa shape index (κ3) is 6.59. The smallest absolute Gasteiger partial charge is 0.0249 e. The summed E-state index contributed by atoms with van der Waals surface area (Å²) >= 11 is 1.93. The molecular weight excluding hydrogens is 226 g/mol. The first kappa shape index (κ1) is 13.5. The molecule has 0 bridgehead atoms. The highest BCUT2D eigenvalue weighted by Gasteiger charge is 2.16. The first-order valence-corrected chi connectivity index (χ1v) is 8.78. The van der Waals surface area contributed by atoms with Crippen LogP contribution in [-0.4, -0.2) is 40.3 Å². The summed E-state index contributed by atoms with van der Waals surface area (Å²) in [5.41, 5.74) is 0. The minimum atomic E-state index is -0.515. The van der Waals surface area contributed by atoms with E-state index in [1.54, 1.807) is 0 Å². The lowest BCUT2D eigenvalue weighted by molar-refractivity contribution is 0.466. The van der Waals surface area contributed by atoms with Crippen LogP contribution in [0.25, 0.3) is 0 Å². The van der Waals surface area contributed by atoms with Gasteiger partial charge in [0, 0.05) is 28.3 Å². The van der Waals surface area contributed by atoms with Crippen molar-refractivity contribution < 1.29 is 4.21 Å². The summed E-state index contributed by atoms with van der Waals surface area (Å²) < 4.78 is 11.1. The molecule has 1 saturated heterocycles. The summed E-state index contributed by atoms with van der Waals surface area (Å²) in [6, 6.07) is 0.642. The largest absolute Gasteiger partial charge is 0.314 e. The zero-order valence-electron chi connectivity index (χ0n) is 9.67. The van der Waals surface area contributed by atoms with Crippen LogP contribution >= 0.6 is 11.8 Å². The fourth-order valence-electron chi connectivity index (χ4n) is 1.85. The Morgan fingerprint density at radius 3 is 2.67 bits per heavy atom. The highest BCUT2D eigenvalue weighted by Crippen LogP contribution is 2.09. The van der Waals surface area contributed by atoms with Crippen molar-refractivity contribution in [2.45, 2.75) is 38.1 Å². The molecule has 0 amide bonds. The first-order valence-electron chi connectivity index (χ1n) is 5.90. The molecule has 1 fully saturated rings. The van der Waals surface area contributed by atoms with Gasteiger partial charge in [0.05, 0.1) is 0 Å². The maximum Gasteiger partial charge on any atom is 0.0249 e. The number of unbranched alkanes of at least 4 members (excludes halogenated alkanes) is 2. The molecule has 0 unspecified atom stereocenters. The zero-order valence-corrected chi connectivity index (χ0v) is 11.3. The molecule has 0 aliphatic carbocycles. The molecular formula is C11H23NOS2. The average Bonchev–Trinajstić information content (AvgIpc) is 2.26. The van der Waals surface area contributed by atoms with Gasteiger partial charge in [0.15, 0.2) is 0 Å². The molecule has 0 saturated carbocycles. The van der Waals surface area contributed by atoms with Gasteiger partial charge >= 0.3 is 0 Å². The Bertz CT molecular complexity index is 177. The Hall–Kier alpha value is 0.460. The van der Waals surface area contributed by atoms with E-state index in [9.17, 15) is 4.21 Å². The second-order valence-electron chi connectivity index (χ2n) is 4.13. The molecule has 0 atom stereocenters.